The Morgan fingerprint density at radius 2 is 1.06 bits per heavy atom. The highest BCUT2D eigenvalue weighted by atomic mass is 16.8. The number of nitrogens with one attached hydrogen (secondary N) is 2. The zero-order valence-electron chi connectivity index (χ0n) is 34.1. The van der Waals surface area contributed by atoms with Gasteiger partial charge in [-0.1, -0.05) is 6.92 Å². The average Bonchev–Trinajstić information content (AvgIpc) is 3.21. The Morgan fingerprint density at radius 1 is 0.556 bits per heavy atom. The van der Waals surface area contributed by atoms with Crippen molar-refractivity contribution in [3.63, 3.8) is 0 Å². The van der Waals surface area contributed by atoms with Crippen molar-refractivity contribution in [3.05, 3.63) is 0 Å². The van der Waals surface area contributed by atoms with Gasteiger partial charge in [-0.2, -0.15) is 0 Å². The standard InChI is InChI=1S/C35H57N3O25/c1-7-15(42)28(31(54)59-24(7)29(36)51)63-33-14(38-10(4)41)18(45)26(12(58-33)6-55-34-22(49)19(46)16(43)11(5-39)57-34)61-32-13(37-9(3)40)17(44)25(8(2)56-32)60-35-23(50)20(47)21(48)27(62-35)30(52)53/h7-8,11-28,31-35,39,42-50,54H,5-6H2,1-4H3,(H2,36,51)(H,37,40)(H,38,41)(H,52,53)/t7-,8+,11+,12+,13+,14+,15-,16+,17+,18+,19-,20-,21+,22+,23+,24-,25+,26+,27-,28+,31-,32-,33-,34+,35+/m0/s1. The summed E-state index contributed by atoms with van der Waals surface area (Å²) in [5.74, 6) is -5.42. The second-order valence-corrected chi connectivity index (χ2v) is 16.0. The molecule has 0 aromatic heterocycles. The van der Waals surface area contributed by atoms with Gasteiger partial charge in [-0.15, -0.1) is 0 Å². The third-order valence-corrected chi connectivity index (χ3v) is 11.4. The summed E-state index contributed by atoms with van der Waals surface area (Å²) in [5.41, 5.74) is 5.35. The zero-order chi connectivity index (χ0) is 46.9. The fraction of sp³-hybridized carbons (Fsp3) is 0.886. The molecule has 5 saturated heterocycles. The van der Waals surface area contributed by atoms with Crippen LogP contribution < -0.4 is 16.4 Å². The summed E-state index contributed by atoms with van der Waals surface area (Å²) in [7, 11) is 0. The number of carbonyl (C=O) groups excluding carboxylic acids is 3. The van der Waals surface area contributed by atoms with Gasteiger partial charge in [0.2, 0.25) is 17.7 Å². The summed E-state index contributed by atoms with van der Waals surface area (Å²) < 4.78 is 51.5. The van der Waals surface area contributed by atoms with E-state index in [0.717, 1.165) is 13.8 Å². The maximum Gasteiger partial charge on any atom is 0.335 e. The van der Waals surface area contributed by atoms with E-state index in [1.807, 2.05) is 0 Å². The molecule has 28 heteroatoms. The number of nitrogens with two attached hydrogens (primary N) is 1. The topological polar surface area (TPSA) is 444 Å². The third-order valence-electron chi connectivity index (χ3n) is 11.4. The van der Waals surface area contributed by atoms with E-state index in [1.165, 1.54) is 13.8 Å². The molecule has 0 bridgehead atoms. The van der Waals surface area contributed by atoms with Crippen LogP contribution in [0.5, 0.6) is 0 Å². The number of carbonyl (C=O) groups is 4. The molecule has 3 amide bonds. The van der Waals surface area contributed by atoms with Gasteiger partial charge >= 0.3 is 5.97 Å². The summed E-state index contributed by atoms with van der Waals surface area (Å²) in [6.07, 6.45) is -40.1. The van der Waals surface area contributed by atoms with Gasteiger partial charge in [0.25, 0.3) is 0 Å². The third kappa shape index (κ3) is 11.0. The van der Waals surface area contributed by atoms with E-state index in [2.05, 4.69) is 10.6 Å². The molecule has 0 aromatic rings. The molecule has 0 radical (unpaired) electrons. The van der Waals surface area contributed by atoms with Crippen LogP contribution in [-0.4, -0.2) is 245 Å². The first-order chi connectivity index (χ1) is 29.5. The fourth-order valence-corrected chi connectivity index (χ4v) is 7.94. The van der Waals surface area contributed by atoms with E-state index in [9.17, 15) is 80.5 Å². The SMILES string of the molecule is CC(=O)N[C@H]1[C@H](O[C@H]2[C@H](O)[C@@H](NC(C)=O)[C@H](O[C@@H]3[C@@H](O)[C@H](C)[C@@H](C(N)=O)O[C@@H]3O)O[C@@H]2CO[C@@H]2O[C@H](CO)[C@@H](O)[C@H](O)[C@H]2O)O[C@H](C)[C@@H](O[C@@H]2O[C@H](C(=O)O)[C@H](O)[C@H](O)[C@H]2O)[C@@H]1O. The van der Waals surface area contributed by atoms with E-state index in [-0.39, 0.29) is 0 Å². The summed E-state index contributed by atoms with van der Waals surface area (Å²) in [4.78, 5) is 48.7. The van der Waals surface area contributed by atoms with Crippen LogP contribution in [0.4, 0.5) is 0 Å². The Morgan fingerprint density at radius 3 is 1.62 bits per heavy atom. The summed E-state index contributed by atoms with van der Waals surface area (Å²) in [6.45, 7) is 3.08. The maximum atomic E-state index is 12.5. The van der Waals surface area contributed by atoms with Crippen molar-refractivity contribution in [1.29, 1.82) is 0 Å². The molecule has 0 unspecified atom stereocenters. The number of aliphatic hydroxyl groups is 11. The number of ether oxygens (including phenoxy) is 9. The first-order valence-corrected chi connectivity index (χ1v) is 19.8. The molecular formula is C35H57N3O25. The smallest absolute Gasteiger partial charge is 0.335 e. The predicted octanol–water partition coefficient (Wildman–Crippen LogP) is -9.75. The first-order valence-electron chi connectivity index (χ1n) is 19.8. The van der Waals surface area contributed by atoms with Crippen LogP contribution in [0, 0.1) is 5.92 Å². The fourth-order valence-electron chi connectivity index (χ4n) is 7.94. The Hall–Kier alpha value is -2.92. The second-order valence-electron chi connectivity index (χ2n) is 16.0. The van der Waals surface area contributed by atoms with Crippen LogP contribution in [0.3, 0.4) is 0 Å². The minimum absolute atomic E-state index is 0.793. The highest BCUT2D eigenvalue weighted by Gasteiger charge is 2.56. The van der Waals surface area contributed by atoms with E-state index in [4.69, 9.17) is 48.4 Å². The lowest BCUT2D eigenvalue weighted by Crippen LogP contribution is -2.70. The minimum atomic E-state index is -2.09. The van der Waals surface area contributed by atoms with Gasteiger partial charge in [0.15, 0.2) is 37.6 Å². The van der Waals surface area contributed by atoms with Crippen LogP contribution >= 0.6 is 0 Å². The molecule has 5 fully saturated rings. The van der Waals surface area contributed by atoms with Crippen molar-refractivity contribution < 1.29 is 123 Å². The van der Waals surface area contributed by atoms with Crippen LogP contribution in [0.2, 0.25) is 0 Å². The lowest BCUT2D eigenvalue weighted by Gasteiger charge is -2.50. The lowest BCUT2D eigenvalue weighted by molar-refractivity contribution is -0.371. The molecule has 0 saturated carbocycles. The maximum absolute atomic E-state index is 12.5. The molecule has 0 aliphatic carbocycles. The largest absolute Gasteiger partial charge is 0.479 e. The van der Waals surface area contributed by atoms with Gasteiger partial charge in [0, 0.05) is 19.8 Å². The van der Waals surface area contributed by atoms with Gasteiger partial charge in [0.1, 0.15) is 97.5 Å². The van der Waals surface area contributed by atoms with Crippen LogP contribution in [0.25, 0.3) is 0 Å². The number of aliphatic carboxylic acids is 1. The number of hydrogen-bond acceptors (Lipinski definition) is 24. The molecule has 5 rings (SSSR count). The number of aliphatic hydroxyl groups excluding tert-OH is 11. The monoisotopic (exact) mass is 919 g/mol. The molecule has 5 heterocycles. The first kappa shape index (κ1) is 51.1. The molecule has 16 N–H and O–H groups in total. The lowest BCUT2D eigenvalue weighted by atomic mass is 9.90. The number of rotatable bonds is 14. The van der Waals surface area contributed by atoms with Crippen molar-refractivity contribution >= 4 is 23.7 Å². The van der Waals surface area contributed by atoms with Gasteiger partial charge < -0.3 is 120 Å². The van der Waals surface area contributed by atoms with Gasteiger partial charge in [-0.3, -0.25) is 14.4 Å². The van der Waals surface area contributed by atoms with E-state index in [0.29, 0.717) is 0 Å². The molecule has 5 aliphatic rings. The highest BCUT2D eigenvalue weighted by Crippen LogP contribution is 2.36. The minimum Gasteiger partial charge on any atom is -0.479 e. The van der Waals surface area contributed by atoms with E-state index < -0.39 is 190 Å². The molecule has 0 aromatic carbocycles. The Bertz CT molecular complexity index is 1580. The number of carboxylic acids is 1. The Labute approximate surface area is 357 Å². The zero-order valence-corrected chi connectivity index (χ0v) is 34.1. The Kier molecular flexibility index (Phi) is 17.1. The van der Waals surface area contributed by atoms with Crippen LogP contribution in [-0.2, 0) is 61.8 Å². The average molecular weight is 920 g/mol. The molecule has 362 valence electrons. The van der Waals surface area contributed by atoms with Crippen molar-refractivity contribution in [2.75, 3.05) is 13.2 Å². The Balaban J connectivity index is 1.45. The van der Waals surface area contributed by atoms with Gasteiger partial charge in [-0.25, -0.2) is 4.79 Å². The molecule has 63 heavy (non-hydrogen) atoms. The molecule has 5 aliphatic heterocycles. The molecule has 0 spiro atoms. The molecule has 25 atom stereocenters. The van der Waals surface area contributed by atoms with Gasteiger partial charge in [-0.05, 0) is 6.92 Å². The van der Waals surface area contributed by atoms with Crippen molar-refractivity contribution in [1.82, 2.24) is 10.6 Å². The van der Waals surface area contributed by atoms with Crippen molar-refractivity contribution in [2.24, 2.45) is 11.7 Å². The normalized spacial score (nSPS) is 48.2. The second kappa shape index (κ2) is 21.1. The van der Waals surface area contributed by atoms with Crippen molar-refractivity contribution in [3.8, 4) is 0 Å². The highest BCUT2D eigenvalue weighted by molar-refractivity contribution is 5.79. The summed E-state index contributed by atoms with van der Waals surface area (Å²) in [6, 6.07) is -3.36. The van der Waals surface area contributed by atoms with E-state index >= 15 is 0 Å². The van der Waals surface area contributed by atoms with Crippen LogP contribution in [0.1, 0.15) is 27.7 Å². The summed E-state index contributed by atoms with van der Waals surface area (Å²) >= 11 is 0. The van der Waals surface area contributed by atoms with Crippen molar-refractivity contribution in [2.45, 2.75) is 175 Å². The molecule has 28 nitrogen and oxygen atoms in total. The number of amides is 3. The number of primary amides is 1. The predicted molar refractivity (Wildman–Crippen MR) is 194 cm³/mol. The summed E-state index contributed by atoms with van der Waals surface area (Å²) in [5, 5.41) is 132. The number of hydrogen-bond donors (Lipinski definition) is 15. The quantitative estimate of drug-likeness (QED) is 0.0769. The van der Waals surface area contributed by atoms with Crippen LogP contribution in [0.15, 0.2) is 0 Å². The van der Waals surface area contributed by atoms with E-state index in [1.54, 1.807) is 0 Å². The van der Waals surface area contributed by atoms with Gasteiger partial charge in [0.05, 0.1) is 25.4 Å². The molecular weight excluding hydrogens is 862 g/mol. The number of carboxylic acid groups (broad SMARTS) is 1.